The Morgan fingerprint density at radius 3 is 2.36 bits per heavy atom. The molecule has 1 amide bonds. The van der Waals surface area contributed by atoms with Crippen molar-refractivity contribution in [1.29, 1.82) is 0 Å². The lowest BCUT2D eigenvalue weighted by Crippen LogP contribution is -2.41. The molecule has 1 aromatic rings. The maximum absolute atomic E-state index is 13.5. The van der Waals surface area contributed by atoms with E-state index in [1.807, 2.05) is 27.7 Å². The molecule has 0 saturated carbocycles. The number of nitrogens with one attached hydrogen (secondary N) is 1. The third-order valence-corrected chi connectivity index (χ3v) is 4.60. The van der Waals surface area contributed by atoms with E-state index < -0.39 is 24.1 Å². The smallest absolute Gasteiger partial charge is 0.400 e. The van der Waals surface area contributed by atoms with Gasteiger partial charge in [-0.15, -0.1) is 0 Å². The summed E-state index contributed by atoms with van der Waals surface area (Å²) >= 11 is 0. The van der Waals surface area contributed by atoms with Crippen molar-refractivity contribution in [2.24, 2.45) is 0 Å². The maximum atomic E-state index is 13.5. The van der Waals surface area contributed by atoms with Crippen LogP contribution < -0.4 is 5.32 Å². The van der Waals surface area contributed by atoms with Gasteiger partial charge in [0.15, 0.2) is 6.29 Å². The Bertz CT molecular complexity index is 699. The zero-order valence-corrected chi connectivity index (χ0v) is 15.2. The van der Waals surface area contributed by atoms with Gasteiger partial charge in [-0.05, 0) is 50.9 Å². The standard InChI is InChI=1S/C18H23BFNO4/c1-12(23)21-10-15(19-24-17(2,3)18(4,5)25-19)9-13-6-7-16(20)14(8-13)11-22/h6-9,11H,10H2,1-5H3,(H,21,23). The molecule has 2 rings (SSSR count). The van der Waals surface area contributed by atoms with Gasteiger partial charge in [0.05, 0.1) is 16.8 Å². The lowest BCUT2D eigenvalue weighted by atomic mass is 9.77. The topological polar surface area (TPSA) is 64.6 Å². The number of aldehydes is 1. The number of hydrogen-bond acceptors (Lipinski definition) is 4. The van der Waals surface area contributed by atoms with Crippen molar-refractivity contribution in [3.63, 3.8) is 0 Å². The van der Waals surface area contributed by atoms with Crippen LogP contribution in [-0.2, 0) is 14.1 Å². The minimum atomic E-state index is -0.651. The molecule has 0 aromatic heterocycles. The van der Waals surface area contributed by atoms with E-state index in [1.54, 1.807) is 12.1 Å². The molecule has 1 N–H and O–H groups in total. The van der Waals surface area contributed by atoms with Crippen LogP contribution in [0.2, 0.25) is 0 Å². The predicted molar refractivity (Wildman–Crippen MR) is 94.5 cm³/mol. The van der Waals surface area contributed by atoms with Crippen LogP contribution in [0.1, 0.15) is 50.5 Å². The first-order valence-corrected chi connectivity index (χ1v) is 8.11. The summed E-state index contributed by atoms with van der Waals surface area (Å²) in [6, 6.07) is 4.23. The van der Waals surface area contributed by atoms with E-state index in [4.69, 9.17) is 9.31 Å². The monoisotopic (exact) mass is 347 g/mol. The normalized spacial score (nSPS) is 19.0. The van der Waals surface area contributed by atoms with Crippen LogP contribution in [0.5, 0.6) is 0 Å². The van der Waals surface area contributed by atoms with E-state index in [1.165, 1.54) is 19.1 Å². The fraction of sp³-hybridized carbons (Fsp3) is 0.444. The number of rotatable bonds is 5. The minimum Gasteiger partial charge on any atom is -0.400 e. The third-order valence-electron chi connectivity index (χ3n) is 4.60. The molecule has 5 nitrogen and oxygen atoms in total. The van der Waals surface area contributed by atoms with Crippen molar-refractivity contribution < 1.29 is 23.3 Å². The second-order valence-corrected chi connectivity index (χ2v) is 7.12. The molecule has 0 radical (unpaired) electrons. The number of carbonyl (C=O) groups is 2. The number of amides is 1. The zero-order valence-electron chi connectivity index (χ0n) is 15.2. The highest BCUT2D eigenvalue weighted by atomic mass is 19.1. The average Bonchev–Trinajstić information content (AvgIpc) is 2.73. The molecular formula is C18H23BFNO4. The molecule has 0 aliphatic carbocycles. The number of carbonyl (C=O) groups excluding carboxylic acids is 2. The van der Waals surface area contributed by atoms with Crippen molar-refractivity contribution in [3.05, 3.63) is 40.6 Å². The van der Waals surface area contributed by atoms with Gasteiger partial charge in [-0.1, -0.05) is 12.1 Å². The lowest BCUT2D eigenvalue weighted by Gasteiger charge is -2.32. The molecule has 1 aliphatic rings. The molecule has 7 heteroatoms. The van der Waals surface area contributed by atoms with Gasteiger partial charge in [-0.3, -0.25) is 9.59 Å². The van der Waals surface area contributed by atoms with E-state index in [9.17, 15) is 14.0 Å². The van der Waals surface area contributed by atoms with Crippen LogP contribution in [0.15, 0.2) is 23.7 Å². The largest absolute Gasteiger partial charge is 0.492 e. The lowest BCUT2D eigenvalue weighted by molar-refractivity contribution is -0.118. The van der Waals surface area contributed by atoms with E-state index >= 15 is 0 Å². The van der Waals surface area contributed by atoms with E-state index in [0.29, 0.717) is 17.3 Å². The SMILES string of the molecule is CC(=O)NCC(=Cc1ccc(F)c(C=O)c1)B1OC(C)(C)C(C)(C)O1. The van der Waals surface area contributed by atoms with Crippen LogP contribution in [0, 0.1) is 5.82 Å². The van der Waals surface area contributed by atoms with Crippen molar-refractivity contribution in [2.75, 3.05) is 6.54 Å². The van der Waals surface area contributed by atoms with Crippen LogP contribution in [0.3, 0.4) is 0 Å². The number of hydrogen-bond donors (Lipinski definition) is 1. The van der Waals surface area contributed by atoms with Crippen LogP contribution in [0.4, 0.5) is 4.39 Å². The first kappa shape index (κ1) is 19.3. The molecule has 134 valence electrons. The number of halogens is 1. The van der Waals surface area contributed by atoms with Gasteiger partial charge in [0.25, 0.3) is 0 Å². The summed E-state index contributed by atoms with van der Waals surface area (Å²) < 4.78 is 25.6. The van der Waals surface area contributed by atoms with Gasteiger partial charge < -0.3 is 14.6 Å². The Morgan fingerprint density at radius 2 is 1.84 bits per heavy atom. The van der Waals surface area contributed by atoms with Gasteiger partial charge >= 0.3 is 7.12 Å². The molecule has 1 fully saturated rings. The molecular weight excluding hydrogens is 324 g/mol. The Kier molecular flexibility index (Phi) is 5.49. The summed E-state index contributed by atoms with van der Waals surface area (Å²) in [7, 11) is -0.651. The second-order valence-electron chi connectivity index (χ2n) is 7.12. The highest BCUT2D eigenvalue weighted by molar-refractivity contribution is 6.56. The van der Waals surface area contributed by atoms with Gasteiger partial charge in [-0.2, -0.15) is 0 Å². The Hall–Kier alpha value is -1.99. The second kappa shape index (κ2) is 7.10. The average molecular weight is 347 g/mol. The predicted octanol–water partition coefficient (Wildman–Crippen LogP) is 2.79. The van der Waals surface area contributed by atoms with E-state index in [0.717, 1.165) is 0 Å². The summed E-state index contributed by atoms with van der Waals surface area (Å²) in [6.07, 6.45) is 2.21. The number of benzene rings is 1. The highest BCUT2D eigenvalue weighted by Gasteiger charge is 2.52. The van der Waals surface area contributed by atoms with Crippen LogP contribution in [0.25, 0.3) is 6.08 Å². The fourth-order valence-electron chi connectivity index (χ4n) is 2.38. The Morgan fingerprint density at radius 1 is 1.24 bits per heavy atom. The summed E-state index contributed by atoms with van der Waals surface area (Å²) in [5.74, 6) is -0.763. The van der Waals surface area contributed by atoms with Crippen molar-refractivity contribution in [2.45, 2.75) is 45.8 Å². The Balaban J connectivity index is 2.36. The van der Waals surface area contributed by atoms with Crippen LogP contribution >= 0.6 is 0 Å². The zero-order chi connectivity index (χ0) is 18.8. The summed E-state index contributed by atoms with van der Waals surface area (Å²) in [6.45, 7) is 9.39. The molecule has 0 spiro atoms. The quantitative estimate of drug-likeness (QED) is 0.657. The van der Waals surface area contributed by atoms with Gasteiger partial charge in [0.1, 0.15) is 5.82 Å². The molecule has 1 aliphatic heterocycles. The molecule has 25 heavy (non-hydrogen) atoms. The highest BCUT2D eigenvalue weighted by Crippen LogP contribution is 2.38. The van der Waals surface area contributed by atoms with Gasteiger partial charge in [-0.25, -0.2) is 4.39 Å². The summed E-state index contributed by atoms with van der Waals surface area (Å²) in [5, 5.41) is 2.73. The fourth-order valence-corrected chi connectivity index (χ4v) is 2.38. The Labute approximate surface area is 147 Å². The van der Waals surface area contributed by atoms with Crippen molar-refractivity contribution in [1.82, 2.24) is 5.32 Å². The molecule has 0 atom stereocenters. The third kappa shape index (κ3) is 4.35. The van der Waals surface area contributed by atoms with Gasteiger partial charge in [0.2, 0.25) is 5.91 Å². The van der Waals surface area contributed by atoms with Crippen molar-refractivity contribution >= 4 is 25.4 Å². The van der Waals surface area contributed by atoms with E-state index in [2.05, 4.69) is 5.32 Å². The summed E-state index contributed by atoms with van der Waals surface area (Å²) in [4.78, 5) is 22.2. The first-order valence-electron chi connectivity index (χ1n) is 8.11. The summed E-state index contributed by atoms with van der Waals surface area (Å²) in [5.41, 5.74) is 0.227. The first-order chi connectivity index (χ1) is 11.6. The molecule has 0 unspecified atom stereocenters. The molecule has 1 aromatic carbocycles. The van der Waals surface area contributed by atoms with Crippen LogP contribution in [-0.4, -0.2) is 37.1 Å². The molecule has 1 heterocycles. The van der Waals surface area contributed by atoms with Gasteiger partial charge in [0, 0.05) is 13.5 Å². The molecule has 0 bridgehead atoms. The molecule has 1 saturated heterocycles. The van der Waals surface area contributed by atoms with Crippen molar-refractivity contribution in [3.8, 4) is 0 Å². The minimum absolute atomic E-state index is 0.0263. The maximum Gasteiger partial charge on any atom is 0.492 e. The van der Waals surface area contributed by atoms with E-state index in [-0.39, 0.29) is 18.0 Å².